The van der Waals surface area contributed by atoms with Crippen LogP contribution < -0.4 is 24.9 Å². The zero-order valence-corrected chi connectivity index (χ0v) is 34.9. The summed E-state index contributed by atoms with van der Waals surface area (Å²) in [7, 11) is 0. The van der Waals surface area contributed by atoms with E-state index in [1.807, 2.05) is 36.4 Å². The molecule has 0 radical (unpaired) electrons. The smallest absolute Gasteiger partial charge is 0.276 e. The van der Waals surface area contributed by atoms with Gasteiger partial charge in [-0.25, -0.2) is 0 Å². The van der Waals surface area contributed by atoms with Gasteiger partial charge >= 0.3 is 0 Å². The summed E-state index contributed by atoms with van der Waals surface area (Å²) in [6.45, 7) is 1.03. The van der Waals surface area contributed by atoms with Gasteiger partial charge in [0, 0.05) is 89.1 Å². The van der Waals surface area contributed by atoms with Gasteiger partial charge in [0.15, 0.2) is 6.54 Å². The summed E-state index contributed by atoms with van der Waals surface area (Å²) in [5.74, 6) is 0.933. The molecule has 2 aliphatic rings. The molecule has 19 heteroatoms. The first-order valence-electron chi connectivity index (χ1n) is 18.6. The van der Waals surface area contributed by atoms with Gasteiger partial charge in [-0.05, 0) is 79.0 Å². The van der Waals surface area contributed by atoms with Gasteiger partial charge in [0.25, 0.3) is 16.4 Å². The number of rotatable bonds is 20. The van der Waals surface area contributed by atoms with Crippen molar-refractivity contribution in [3.63, 3.8) is 0 Å². The molecule has 15 nitrogen and oxygen atoms in total. The Morgan fingerprint density at radius 2 is 1.43 bits per heavy atom. The number of benzene rings is 4. The van der Waals surface area contributed by atoms with Crippen LogP contribution in [0.15, 0.2) is 142 Å². The Balaban J connectivity index is 1.31. The quantitative estimate of drug-likeness (QED) is 0.0181. The van der Waals surface area contributed by atoms with Gasteiger partial charge in [0.05, 0.1) is 32.3 Å². The van der Waals surface area contributed by atoms with Crippen LogP contribution in [-0.2, 0) is 25.3 Å². The van der Waals surface area contributed by atoms with Crippen molar-refractivity contribution >= 4 is 91.9 Å². The summed E-state index contributed by atoms with van der Waals surface area (Å²) >= 11 is 4.86. The number of aryl methyl sites for hydroxylation is 1. The third-order valence-corrected chi connectivity index (χ3v) is 13.1. The number of para-hydroxylation sites is 2. The highest BCUT2D eigenvalue weighted by Crippen LogP contribution is 2.48. The van der Waals surface area contributed by atoms with Crippen molar-refractivity contribution in [2.75, 3.05) is 27.9 Å². The lowest BCUT2D eigenvalue weighted by Gasteiger charge is -2.28. The lowest BCUT2D eigenvalue weighted by atomic mass is 10.1. The number of nitrogens with zero attached hydrogens (tertiary/aromatic N) is 5. The van der Waals surface area contributed by atoms with Crippen LogP contribution in [0.1, 0.15) is 30.7 Å². The van der Waals surface area contributed by atoms with E-state index in [2.05, 4.69) is 81.7 Å². The monoisotopic (exact) mass is 886 g/mol. The van der Waals surface area contributed by atoms with Gasteiger partial charge in [-0.3, -0.25) is 30.3 Å². The summed E-state index contributed by atoms with van der Waals surface area (Å²) in [4.78, 5) is 27.9. The van der Waals surface area contributed by atoms with E-state index in [0.717, 1.165) is 96.0 Å². The number of nitro benzene ring substituents is 2. The van der Waals surface area contributed by atoms with E-state index in [0.29, 0.717) is 37.4 Å². The maximum atomic E-state index is 11.7. The Labute approximate surface area is 361 Å². The molecule has 0 saturated heterocycles. The zero-order chi connectivity index (χ0) is 41.8. The second-order valence-corrected chi connectivity index (χ2v) is 16.9. The first-order valence-corrected chi connectivity index (χ1v) is 22.0. The number of nitro groups is 2. The lowest BCUT2D eigenvalue weighted by molar-refractivity contribution is -0.777. The van der Waals surface area contributed by atoms with Crippen molar-refractivity contribution in [2.45, 2.75) is 37.1 Å². The minimum Gasteiger partial charge on any atom is -0.691 e. The van der Waals surface area contributed by atoms with Crippen molar-refractivity contribution < 1.29 is 43.7 Å². The second kappa shape index (κ2) is 21.0. The average Bonchev–Trinajstić information content (AvgIpc) is 3.94. The summed E-state index contributed by atoms with van der Waals surface area (Å²) < 4.78 is 11.9. The molecule has 5 aromatic rings. The standard InChI is InChI=1S/C41H37N5O10S4/c47-45(48)33-17-19-37-35(27-33)42(23-7-25-57-55-53-51)39(59-37)21-15-29-13-14-30(41(29)44(31-9-3-1-4-10-31)32-11-5-2-6-12-32)16-22-40-43(24-8-26-58-56-54-52)36-28-34(46(49)50)18-20-38(36)60-40/h1-6,9-12,15-22,27-28H,7-8,13-14,23-26H2,(H-,51,52)/p-1. The summed E-state index contributed by atoms with van der Waals surface area (Å²) in [6, 6.07) is 30.0. The van der Waals surface area contributed by atoms with Crippen LogP contribution in [0.3, 0.4) is 0 Å². The number of aromatic nitrogens is 1. The third kappa shape index (κ3) is 10.3. The number of thiazole rings is 1. The number of hydrogen-bond donors (Lipinski definition) is 0. The number of hydrogen-bond acceptors (Lipinski definition) is 16. The number of thioether (sulfide) groups is 1. The summed E-state index contributed by atoms with van der Waals surface area (Å²) in [5, 5.41) is 52.9. The highest BCUT2D eigenvalue weighted by Gasteiger charge is 2.30. The predicted molar refractivity (Wildman–Crippen MR) is 230 cm³/mol. The molecule has 0 unspecified atom stereocenters. The van der Waals surface area contributed by atoms with Crippen LogP contribution in [0.5, 0.6) is 0 Å². The van der Waals surface area contributed by atoms with Gasteiger partial charge in [0.1, 0.15) is 4.70 Å². The molecule has 2 heterocycles. The highest BCUT2D eigenvalue weighted by molar-refractivity contribution is 8.03. The van der Waals surface area contributed by atoms with Gasteiger partial charge in [-0.2, -0.15) is 13.2 Å². The predicted octanol–water partition coefficient (Wildman–Crippen LogP) is 8.81. The molecule has 0 bridgehead atoms. The third-order valence-electron chi connectivity index (χ3n) is 9.60. The fourth-order valence-corrected chi connectivity index (χ4v) is 9.87. The molecule has 0 atom stereocenters. The van der Waals surface area contributed by atoms with E-state index >= 15 is 0 Å². The number of non-ortho nitro benzene ring substituents is 2. The number of anilines is 3. The lowest BCUT2D eigenvalue weighted by Crippen LogP contribution is -2.35. The van der Waals surface area contributed by atoms with E-state index in [1.54, 1.807) is 24.3 Å². The first kappa shape index (κ1) is 43.0. The topological polar surface area (TPSA) is 180 Å². The molecule has 1 aromatic heterocycles. The molecule has 310 valence electrons. The van der Waals surface area contributed by atoms with Crippen molar-refractivity contribution in [3.05, 3.63) is 162 Å². The van der Waals surface area contributed by atoms with Gasteiger partial charge in [-0.15, -0.1) is 0 Å². The van der Waals surface area contributed by atoms with E-state index in [9.17, 15) is 30.7 Å². The Morgan fingerprint density at radius 3 is 2.10 bits per heavy atom. The maximum Gasteiger partial charge on any atom is 0.276 e. The summed E-state index contributed by atoms with van der Waals surface area (Å²) in [5.41, 5.74) is 6.55. The van der Waals surface area contributed by atoms with E-state index in [1.165, 1.54) is 35.2 Å². The van der Waals surface area contributed by atoms with Crippen molar-refractivity contribution in [3.8, 4) is 0 Å². The van der Waals surface area contributed by atoms with E-state index in [-0.39, 0.29) is 11.4 Å². The van der Waals surface area contributed by atoms with Crippen LogP contribution in [0.25, 0.3) is 16.3 Å². The van der Waals surface area contributed by atoms with Crippen molar-refractivity contribution in [1.29, 1.82) is 0 Å². The Hall–Kier alpha value is -5.06. The molecule has 0 N–H and O–H groups in total. The molecule has 60 heavy (non-hydrogen) atoms. The Bertz CT molecular complexity index is 2410. The normalized spacial score (nSPS) is 15.3. The molecule has 0 saturated carbocycles. The van der Waals surface area contributed by atoms with Crippen LogP contribution in [0.4, 0.5) is 28.4 Å². The number of fused-ring (bicyclic) bond motifs is 2. The molecular formula is C41H36N5O10S4-. The van der Waals surface area contributed by atoms with Gasteiger partial charge in [0.2, 0.25) is 5.52 Å². The first-order chi connectivity index (χ1) is 29.4. The van der Waals surface area contributed by atoms with Crippen LogP contribution >= 0.6 is 47.2 Å². The largest absolute Gasteiger partial charge is 0.691 e. The zero-order valence-electron chi connectivity index (χ0n) is 31.7. The fraction of sp³-hybridized carbons (Fsp3) is 0.195. The molecule has 0 fully saturated rings. The maximum absolute atomic E-state index is 11.7. The van der Waals surface area contributed by atoms with Crippen LogP contribution in [-0.4, -0.2) is 27.9 Å². The van der Waals surface area contributed by atoms with E-state index < -0.39 is 9.85 Å². The fourth-order valence-electron chi connectivity index (χ4n) is 7.02. The molecule has 1 aliphatic carbocycles. The highest BCUT2D eigenvalue weighted by atomic mass is 32.2. The summed E-state index contributed by atoms with van der Waals surface area (Å²) in [6.07, 6.45) is 11.0. The van der Waals surface area contributed by atoms with Crippen LogP contribution in [0, 0.1) is 20.2 Å². The molecule has 0 amide bonds. The van der Waals surface area contributed by atoms with Crippen molar-refractivity contribution in [2.24, 2.45) is 0 Å². The van der Waals surface area contributed by atoms with E-state index in [4.69, 9.17) is 0 Å². The second-order valence-electron chi connectivity index (χ2n) is 13.2. The minimum atomic E-state index is -0.404. The van der Waals surface area contributed by atoms with Crippen LogP contribution in [0.2, 0.25) is 0 Å². The van der Waals surface area contributed by atoms with Gasteiger partial charge in [-0.1, -0.05) is 65.6 Å². The SMILES string of the molecule is O=[N+]([O-])c1ccc2c(c1)N(CCCSOO[O-])/C(=C/C=C1\CCC(/C=C/c3sc4ccc([N+](=O)[O-])cc4[n+]3CCCSOO[O-])=C1N(c1ccccc1)c1ccccc1)S2. The molecular weight excluding hydrogens is 851 g/mol. The molecule has 0 spiro atoms. The van der Waals surface area contributed by atoms with Gasteiger partial charge < -0.3 is 20.3 Å². The molecule has 4 aromatic carbocycles. The Morgan fingerprint density at radius 1 is 0.783 bits per heavy atom. The van der Waals surface area contributed by atoms with Crippen molar-refractivity contribution in [1.82, 2.24) is 0 Å². The molecule has 7 rings (SSSR count). The minimum absolute atomic E-state index is 0.00448. The average molecular weight is 887 g/mol. The Kier molecular flexibility index (Phi) is 15.0. The number of allylic oxidation sites excluding steroid dienone is 5. The molecule has 1 aliphatic heterocycles.